The number of fused-ring (bicyclic) bond motifs is 3. The lowest BCUT2D eigenvalue weighted by Crippen LogP contribution is -2.17. The van der Waals surface area contributed by atoms with E-state index in [9.17, 15) is 13.2 Å². The molecule has 0 fully saturated rings. The lowest BCUT2D eigenvalue weighted by molar-refractivity contribution is 0.539. The molecule has 41 heavy (non-hydrogen) atoms. The van der Waals surface area contributed by atoms with E-state index < -0.39 is 34.1 Å². The number of hydrogen-bond acceptors (Lipinski definition) is 5. The van der Waals surface area contributed by atoms with Crippen molar-refractivity contribution in [1.29, 1.82) is 21.3 Å². The van der Waals surface area contributed by atoms with Crippen LogP contribution < -0.4 is 0 Å². The van der Waals surface area contributed by atoms with Gasteiger partial charge in [0.15, 0.2) is 17.5 Å². The van der Waals surface area contributed by atoms with E-state index in [2.05, 4.69) is 0 Å². The fraction of sp³-hybridized carbons (Fsp3) is 0. The average molecular weight is 540 g/mol. The van der Waals surface area contributed by atoms with Crippen molar-refractivity contribution in [3.63, 3.8) is 0 Å². The molecule has 1 aliphatic carbocycles. The summed E-state index contributed by atoms with van der Waals surface area (Å²) in [7, 11) is 0. The molecule has 1 heterocycles. The maximum Gasteiger partial charge on any atom is 0.164 e. The van der Waals surface area contributed by atoms with E-state index in [0.717, 1.165) is 27.6 Å². The monoisotopic (exact) mass is 539 g/mol. The number of halogens is 3. The standard InChI is InChI=1S/C33H16F3N5/c34-29-23(15-37)30(35)27(31(36)24(29)16-38)19-9-5-17(6-10-19)18-7-11-20(12-8-18)33-22-13-14-25(39)32(40)28(22)21-3-1-2-4-26(21)41-33/h1-14,39-40H. The molecule has 194 valence electrons. The minimum Gasteiger partial charge on any atom is -0.299 e. The fourth-order valence-electron chi connectivity index (χ4n) is 5.03. The topological polar surface area (TPSA) is 108 Å². The highest BCUT2D eigenvalue weighted by atomic mass is 19.1. The molecular formula is C33H16F3N5. The summed E-state index contributed by atoms with van der Waals surface area (Å²) in [5.41, 5.74) is 2.82. The zero-order valence-corrected chi connectivity index (χ0v) is 21.1. The molecule has 1 aromatic heterocycles. The van der Waals surface area contributed by atoms with Crippen molar-refractivity contribution in [2.24, 2.45) is 0 Å². The van der Waals surface area contributed by atoms with Crippen LogP contribution in [0.15, 0.2) is 78.9 Å². The van der Waals surface area contributed by atoms with Gasteiger partial charge >= 0.3 is 0 Å². The summed E-state index contributed by atoms with van der Waals surface area (Å²) in [5, 5.41) is 35.7. The highest BCUT2D eigenvalue weighted by Crippen LogP contribution is 2.36. The minimum absolute atomic E-state index is 0.0557. The maximum atomic E-state index is 14.8. The van der Waals surface area contributed by atoms with Crippen LogP contribution >= 0.6 is 0 Å². The second-order valence-corrected chi connectivity index (χ2v) is 9.33. The Bertz CT molecular complexity index is 2020. The first kappa shape index (κ1) is 25.4. The Balaban J connectivity index is 1.39. The van der Waals surface area contributed by atoms with Crippen LogP contribution in [0.25, 0.3) is 50.5 Å². The van der Waals surface area contributed by atoms with E-state index >= 15 is 0 Å². The highest BCUT2D eigenvalue weighted by Gasteiger charge is 2.26. The van der Waals surface area contributed by atoms with Gasteiger partial charge in [0.1, 0.15) is 23.3 Å². The number of allylic oxidation sites excluding steroid dienone is 1. The number of pyridine rings is 1. The van der Waals surface area contributed by atoms with Crippen LogP contribution in [-0.2, 0) is 0 Å². The molecule has 0 saturated heterocycles. The van der Waals surface area contributed by atoms with E-state index in [-0.39, 0.29) is 17.0 Å². The van der Waals surface area contributed by atoms with Crippen molar-refractivity contribution in [2.45, 2.75) is 0 Å². The Kier molecular flexibility index (Phi) is 6.02. The van der Waals surface area contributed by atoms with Crippen molar-refractivity contribution >= 4 is 28.4 Å². The van der Waals surface area contributed by atoms with Crippen LogP contribution in [-0.4, -0.2) is 16.4 Å². The quantitative estimate of drug-likeness (QED) is 0.244. The van der Waals surface area contributed by atoms with E-state index in [1.165, 1.54) is 24.3 Å². The van der Waals surface area contributed by atoms with Gasteiger partial charge in [0, 0.05) is 22.1 Å². The predicted octanol–water partition coefficient (Wildman–Crippen LogP) is 7.81. The van der Waals surface area contributed by atoms with Gasteiger partial charge in [-0.3, -0.25) is 10.8 Å². The second-order valence-electron chi connectivity index (χ2n) is 9.33. The van der Waals surface area contributed by atoms with Gasteiger partial charge in [-0.25, -0.2) is 18.2 Å². The van der Waals surface area contributed by atoms with E-state index in [1.807, 2.05) is 48.5 Å². The van der Waals surface area contributed by atoms with Crippen LogP contribution in [0.3, 0.4) is 0 Å². The average Bonchev–Trinajstić information content (AvgIpc) is 2.99. The number of nitrogens with one attached hydrogen (secondary N) is 2. The molecule has 0 amide bonds. The summed E-state index contributed by atoms with van der Waals surface area (Å²) in [6, 6.07) is 23.9. The van der Waals surface area contributed by atoms with Crippen molar-refractivity contribution in [3.8, 4) is 45.6 Å². The maximum absolute atomic E-state index is 14.8. The Morgan fingerprint density at radius 1 is 0.610 bits per heavy atom. The van der Waals surface area contributed by atoms with Crippen molar-refractivity contribution in [1.82, 2.24) is 4.98 Å². The van der Waals surface area contributed by atoms with Gasteiger partial charge in [-0.15, -0.1) is 0 Å². The van der Waals surface area contributed by atoms with Crippen LogP contribution in [0.2, 0.25) is 0 Å². The van der Waals surface area contributed by atoms with Gasteiger partial charge in [0.25, 0.3) is 0 Å². The first-order valence-corrected chi connectivity index (χ1v) is 12.3. The summed E-state index contributed by atoms with van der Waals surface area (Å²) in [6.45, 7) is 0. The molecule has 6 rings (SSSR count). The summed E-state index contributed by atoms with van der Waals surface area (Å²) < 4.78 is 43.9. The number of nitrogens with zero attached hydrogens (tertiary/aromatic N) is 3. The molecule has 0 saturated carbocycles. The van der Waals surface area contributed by atoms with Crippen LogP contribution in [0.1, 0.15) is 22.3 Å². The third-order valence-corrected chi connectivity index (χ3v) is 7.07. The molecule has 2 N–H and O–H groups in total. The number of hydrogen-bond donors (Lipinski definition) is 2. The van der Waals surface area contributed by atoms with Gasteiger partial charge < -0.3 is 0 Å². The normalized spacial score (nSPS) is 12.2. The smallest absolute Gasteiger partial charge is 0.164 e. The van der Waals surface area contributed by atoms with Gasteiger partial charge in [-0.2, -0.15) is 10.5 Å². The molecule has 0 spiro atoms. The number of aromatic nitrogens is 1. The predicted molar refractivity (Wildman–Crippen MR) is 151 cm³/mol. The largest absolute Gasteiger partial charge is 0.299 e. The first-order valence-electron chi connectivity index (χ1n) is 12.3. The summed E-state index contributed by atoms with van der Waals surface area (Å²) in [4.78, 5) is 4.85. The van der Waals surface area contributed by atoms with Crippen molar-refractivity contribution in [3.05, 3.63) is 119 Å². The summed E-state index contributed by atoms with van der Waals surface area (Å²) in [6.07, 6.45) is 3.40. The number of benzene rings is 4. The zero-order valence-electron chi connectivity index (χ0n) is 21.1. The Morgan fingerprint density at radius 3 is 1.73 bits per heavy atom. The van der Waals surface area contributed by atoms with Crippen molar-refractivity contribution < 1.29 is 13.2 Å². The van der Waals surface area contributed by atoms with Gasteiger partial charge in [0.05, 0.1) is 28.2 Å². The second kappa shape index (κ2) is 9.71. The minimum atomic E-state index is -1.52. The molecule has 0 atom stereocenters. The van der Waals surface area contributed by atoms with Crippen molar-refractivity contribution in [2.75, 3.05) is 0 Å². The molecule has 8 heteroatoms. The Morgan fingerprint density at radius 2 is 1.15 bits per heavy atom. The highest BCUT2D eigenvalue weighted by molar-refractivity contribution is 6.54. The first-order chi connectivity index (χ1) is 19.8. The summed E-state index contributed by atoms with van der Waals surface area (Å²) in [5.74, 6) is -4.23. The van der Waals surface area contributed by atoms with Gasteiger partial charge in [-0.05, 0) is 34.9 Å². The zero-order chi connectivity index (χ0) is 28.8. The van der Waals surface area contributed by atoms with Gasteiger partial charge in [-0.1, -0.05) is 66.7 Å². The molecule has 5 nitrogen and oxygen atoms in total. The molecule has 5 aromatic rings. The number of para-hydroxylation sites is 1. The third kappa shape index (κ3) is 3.98. The molecule has 0 aliphatic heterocycles. The van der Waals surface area contributed by atoms with E-state index in [4.69, 9.17) is 26.3 Å². The van der Waals surface area contributed by atoms with E-state index in [0.29, 0.717) is 16.8 Å². The van der Waals surface area contributed by atoms with Crippen LogP contribution in [0, 0.1) is 50.9 Å². The molecule has 4 aromatic carbocycles. The summed E-state index contributed by atoms with van der Waals surface area (Å²) >= 11 is 0. The third-order valence-electron chi connectivity index (χ3n) is 7.07. The molecule has 0 unspecified atom stereocenters. The molecule has 1 aliphatic rings. The van der Waals surface area contributed by atoms with E-state index in [1.54, 1.807) is 24.3 Å². The number of nitriles is 2. The van der Waals surface area contributed by atoms with Crippen LogP contribution in [0.5, 0.6) is 0 Å². The molecular weight excluding hydrogens is 523 g/mol. The molecule has 0 bridgehead atoms. The van der Waals surface area contributed by atoms with Gasteiger partial charge in [0.2, 0.25) is 0 Å². The molecule has 0 radical (unpaired) electrons. The Hall–Kier alpha value is -5.86. The fourth-order valence-corrected chi connectivity index (χ4v) is 5.03. The van der Waals surface area contributed by atoms with Crippen LogP contribution in [0.4, 0.5) is 13.2 Å². The number of rotatable bonds is 3. The lowest BCUT2D eigenvalue weighted by Gasteiger charge is -2.19. The lowest BCUT2D eigenvalue weighted by atomic mass is 9.88. The Labute approximate surface area is 232 Å². The SMILES string of the molecule is N#Cc1c(F)c(C#N)c(F)c(-c2ccc(-c3ccc(-c4nc5ccccc5c5c4C=CC(=N)C5=N)cc3)cc2)c1F.